The Morgan fingerprint density at radius 1 is 0.587 bits per heavy atom. The summed E-state index contributed by atoms with van der Waals surface area (Å²) in [6.07, 6.45) is -1.90. The molecule has 2 aromatic carbocycles. The molecule has 0 radical (unpaired) electrons. The third-order valence-corrected chi connectivity index (χ3v) is 8.96. The Kier molecular flexibility index (Phi) is 12.8. The maximum absolute atomic E-state index is 13.1. The zero-order chi connectivity index (χ0) is 33.1. The van der Waals surface area contributed by atoms with Crippen LogP contribution in [0.2, 0.25) is 0 Å². The van der Waals surface area contributed by atoms with Crippen LogP contribution in [-0.4, -0.2) is 76.6 Å². The first kappa shape index (κ1) is 34.8. The van der Waals surface area contributed by atoms with Crippen molar-refractivity contribution in [1.29, 1.82) is 0 Å². The highest BCUT2D eigenvalue weighted by atomic mass is 32.1. The molecular formula is C34H40N2O8S2. The van der Waals surface area contributed by atoms with E-state index in [-0.39, 0.29) is 12.8 Å². The molecule has 12 heteroatoms. The molecule has 0 amide bonds. The lowest BCUT2D eigenvalue weighted by Gasteiger charge is -2.30. The van der Waals surface area contributed by atoms with Crippen molar-refractivity contribution in [3.05, 3.63) is 93.3 Å². The van der Waals surface area contributed by atoms with E-state index in [0.717, 1.165) is 9.75 Å². The highest BCUT2D eigenvalue weighted by Gasteiger charge is 2.32. The predicted octanol–water partition coefficient (Wildman–Crippen LogP) is 6.41. The smallest absolute Gasteiger partial charge is 0.419 e. The van der Waals surface area contributed by atoms with E-state index in [9.17, 15) is 9.59 Å². The van der Waals surface area contributed by atoms with Crippen LogP contribution < -0.4 is 18.9 Å². The summed E-state index contributed by atoms with van der Waals surface area (Å²) in [5.74, 6) is 0.501. The number of thiophene rings is 2. The summed E-state index contributed by atoms with van der Waals surface area (Å²) in [7, 11) is 10.3. The van der Waals surface area contributed by atoms with E-state index in [2.05, 4.69) is 0 Å². The Balaban J connectivity index is 1.43. The van der Waals surface area contributed by atoms with Crippen molar-refractivity contribution in [3.8, 4) is 23.0 Å². The summed E-state index contributed by atoms with van der Waals surface area (Å²) in [6.45, 7) is 0. The number of carbonyl (C=O) groups is 2. The molecule has 0 aliphatic heterocycles. The van der Waals surface area contributed by atoms with Crippen LogP contribution in [0.5, 0.6) is 23.0 Å². The van der Waals surface area contributed by atoms with Gasteiger partial charge in [0.25, 0.3) is 0 Å². The quantitative estimate of drug-likeness (QED) is 0.0758. The van der Waals surface area contributed by atoms with E-state index in [4.69, 9.17) is 28.4 Å². The van der Waals surface area contributed by atoms with E-state index in [1.165, 1.54) is 22.7 Å². The van der Waals surface area contributed by atoms with Gasteiger partial charge in [-0.25, -0.2) is 9.59 Å². The number of rotatable bonds is 16. The number of nitrogens with zero attached hydrogens (tertiary/aromatic N) is 2. The molecule has 0 fully saturated rings. The van der Waals surface area contributed by atoms with Crippen LogP contribution in [-0.2, 0) is 19.1 Å². The first-order valence-electron chi connectivity index (χ1n) is 14.6. The van der Waals surface area contributed by atoms with Gasteiger partial charge >= 0.3 is 11.9 Å². The largest absolute Gasteiger partial charge is 0.497 e. The molecule has 10 nitrogen and oxygen atoms in total. The van der Waals surface area contributed by atoms with E-state index in [1.807, 2.05) is 83.6 Å². The standard InChI is InChI=1S/C34H40N2O8S2/c1-35(2)31(21-27(29-9-7-19-45-29)41-25-15-11-23(39-5)12-16-25)43-33(37)34(38)44-32(36(3)4)22-28(30-10-8-20-46-30)42-26-17-13-24(40-6)14-18-26/h7-20,27-28,31-32H,21-22H2,1-6H3. The van der Waals surface area contributed by atoms with Gasteiger partial charge in [-0.15, -0.1) is 22.7 Å². The lowest BCUT2D eigenvalue weighted by molar-refractivity contribution is -0.185. The number of ether oxygens (including phenoxy) is 6. The fourth-order valence-corrected chi connectivity index (χ4v) is 6.00. The summed E-state index contributed by atoms with van der Waals surface area (Å²) < 4.78 is 34.5. The summed E-state index contributed by atoms with van der Waals surface area (Å²) in [5.41, 5.74) is 0. The van der Waals surface area contributed by atoms with E-state index >= 15 is 0 Å². The zero-order valence-corrected chi connectivity index (χ0v) is 28.4. The molecule has 46 heavy (non-hydrogen) atoms. The van der Waals surface area contributed by atoms with Gasteiger partial charge in [-0.1, -0.05) is 12.1 Å². The van der Waals surface area contributed by atoms with Crippen molar-refractivity contribution in [3.63, 3.8) is 0 Å². The average molecular weight is 669 g/mol. The molecule has 0 spiro atoms. The number of hydrogen-bond acceptors (Lipinski definition) is 12. The fourth-order valence-electron chi connectivity index (χ4n) is 4.47. The number of benzene rings is 2. The normalized spacial score (nSPS) is 13.8. The van der Waals surface area contributed by atoms with Crippen molar-refractivity contribution >= 4 is 34.6 Å². The van der Waals surface area contributed by atoms with Crippen LogP contribution in [0.1, 0.15) is 34.8 Å². The van der Waals surface area contributed by atoms with Crippen LogP contribution in [0.4, 0.5) is 0 Å². The molecule has 4 unspecified atom stereocenters. The molecule has 4 aromatic rings. The first-order valence-corrected chi connectivity index (χ1v) is 16.4. The predicted molar refractivity (Wildman–Crippen MR) is 178 cm³/mol. The highest BCUT2D eigenvalue weighted by molar-refractivity contribution is 7.10. The molecule has 0 N–H and O–H groups in total. The third kappa shape index (κ3) is 9.95. The molecule has 0 saturated heterocycles. The number of methoxy groups -OCH3 is 2. The van der Waals surface area contributed by atoms with Gasteiger partial charge in [0, 0.05) is 22.6 Å². The molecule has 2 heterocycles. The Hall–Kier alpha value is -4.10. The van der Waals surface area contributed by atoms with Crippen LogP contribution in [0, 0.1) is 0 Å². The number of esters is 2. The maximum atomic E-state index is 13.1. The number of carbonyl (C=O) groups excluding carboxylic acids is 2. The van der Waals surface area contributed by atoms with Gasteiger partial charge in [0.1, 0.15) is 35.2 Å². The minimum absolute atomic E-state index is 0.270. The maximum Gasteiger partial charge on any atom is 0.419 e. The number of hydrogen-bond donors (Lipinski definition) is 0. The molecule has 0 aliphatic rings. The second-order valence-corrected chi connectivity index (χ2v) is 12.7. The van der Waals surface area contributed by atoms with Gasteiger partial charge in [0.2, 0.25) is 0 Å². The Bertz CT molecular complexity index is 1360. The van der Waals surface area contributed by atoms with Gasteiger partial charge in [0.05, 0.1) is 14.2 Å². The monoisotopic (exact) mass is 668 g/mol. The van der Waals surface area contributed by atoms with Crippen molar-refractivity contribution in [2.24, 2.45) is 0 Å². The minimum Gasteiger partial charge on any atom is -0.497 e. The summed E-state index contributed by atoms with van der Waals surface area (Å²) in [5, 5.41) is 3.91. The molecule has 0 aliphatic carbocycles. The average Bonchev–Trinajstić information content (AvgIpc) is 3.79. The second-order valence-electron chi connectivity index (χ2n) is 10.7. The SMILES string of the molecule is COc1ccc(OC(CC(OC(=O)C(=O)OC(CC(Oc2ccc(OC)cc2)c2cccs2)N(C)C)N(C)C)c2cccs2)cc1. The minimum atomic E-state index is -1.09. The van der Waals surface area contributed by atoms with Crippen LogP contribution in [0.25, 0.3) is 0 Å². The van der Waals surface area contributed by atoms with Crippen LogP contribution in [0.3, 0.4) is 0 Å². The van der Waals surface area contributed by atoms with Crippen molar-refractivity contribution in [2.75, 3.05) is 42.4 Å². The van der Waals surface area contributed by atoms with Crippen molar-refractivity contribution in [1.82, 2.24) is 9.80 Å². The van der Waals surface area contributed by atoms with E-state index < -0.39 is 36.6 Å². The van der Waals surface area contributed by atoms with Gasteiger partial charge in [-0.2, -0.15) is 0 Å². The Morgan fingerprint density at radius 3 is 1.22 bits per heavy atom. The molecule has 4 rings (SSSR count). The Morgan fingerprint density at radius 2 is 0.935 bits per heavy atom. The van der Waals surface area contributed by atoms with Crippen LogP contribution >= 0.6 is 22.7 Å². The summed E-state index contributed by atoms with van der Waals surface area (Å²) in [4.78, 5) is 31.6. The second kappa shape index (κ2) is 17.0. The molecular weight excluding hydrogens is 629 g/mol. The summed E-state index contributed by atoms with van der Waals surface area (Å²) >= 11 is 3.06. The Labute approximate surface area is 278 Å². The first-order chi connectivity index (χ1) is 22.2. The van der Waals surface area contributed by atoms with Crippen molar-refractivity contribution in [2.45, 2.75) is 37.5 Å². The van der Waals surface area contributed by atoms with E-state index in [1.54, 1.807) is 52.2 Å². The van der Waals surface area contributed by atoms with Gasteiger partial charge in [0.15, 0.2) is 12.5 Å². The van der Waals surface area contributed by atoms with E-state index in [0.29, 0.717) is 23.0 Å². The van der Waals surface area contributed by atoms with Crippen molar-refractivity contribution < 1.29 is 38.0 Å². The van der Waals surface area contributed by atoms with Gasteiger partial charge in [-0.3, -0.25) is 9.80 Å². The van der Waals surface area contributed by atoms with Gasteiger partial charge in [-0.05, 0) is 99.6 Å². The topological polar surface area (TPSA) is 96.0 Å². The molecule has 246 valence electrons. The molecule has 0 bridgehead atoms. The zero-order valence-electron chi connectivity index (χ0n) is 26.8. The third-order valence-electron chi connectivity index (χ3n) is 7.03. The van der Waals surface area contributed by atoms with Crippen LogP contribution in [0.15, 0.2) is 83.6 Å². The molecule has 0 saturated carbocycles. The lowest BCUT2D eigenvalue weighted by Crippen LogP contribution is -2.41. The summed E-state index contributed by atoms with van der Waals surface area (Å²) in [6, 6.07) is 22.3. The fraction of sp³-hybridized carbons (Fsp3) is 0.353. The lowest BCUT2D eigenvalue weighted by atomic mass is 10.1. The molecule has 2 aromatic heterocycles. The molecule has 4 atom stereocenters. The van der Waals surface area contributed by atoms with Gasteiger partial charge < -0.3 is 28.4 Å². The highest BCUT2D eigenvalue weighted by Crippen LogP contribution is 2.33.